The third-order valence-corrected chi connectivity index (χ3v) is 3.33. The number of aromatic nitrogens is 3. The minimum Gasteiger partial charge on any atom is -0.493 e. The smallest absolute Gasteiger partial charge is 0.273 e. The number of benzene rings is 1. The maximum atomic E-state index is 12.2. The van der Waals surface area contributed by atoms with E-state index in [1.165, 1.54) is 4.68 Å². The Kier molecular flexibility index (Phi) is 3.37. The average molecular weight is 272 g/mol. The Labute approximate surface area is 116 Å². The van der Waals surface area contributed by atoms with Crippen LogP contribution in [0.25, 0.3) is 0 Å². The highest BCUT2D eigenvalue weighted by Gasteiger charge is 2.22. The van der Waals surface area contributed by atoms with Gasteiger partial charge in [-0.15, -0.1) is 5.10 Å². The highest BCUT2D eigenvalue weighted by Crippen LogP contribution is 2.31. The first kappa shape index (κ1) is 12.7. The summed E-state index contributed by atoms with van der Waals surface area (Å²) in [6, 6.07) is 7.76. The fraction of sp³-hybridized carbons (Fsp3) is 0.357. The van der Waals surface area contributed by atoms with Crippen molar-refractivity contribution < 1.29 is 9.53 Å². The fourth-order valence-corrected chi connectivity index (χ4v) is 2.36. The van der Waals surface area contributed by atoms with E-state index in [0.29, 0.717) is 12.3 Å². The lowest BCUT2D eigenvalue weighted by atomic mass is 10.0. The van der Waals surface area contributed by atoms with E-state index in [0.717, 1.165) is 24.2 Å². The Bertz CT molecular complexity index is 623. The van der Waals surface area contributed by atoms with Crippen molar-refractivity contribution in [2.24, 2.45) is 7.05 Å². The largest absolute Gasteiger partial charge is 0.493 e. The molecule has 2 heterocycles. The third kappa shape index (κ3) is 2.49. The quantitative estimate of drug-likeness (QED) is 0.898. The van der Waals surface area contributed by atoms with Crippen molar-refractivity contribution in [2.45, 2.75) is 18.9 Å². The van der Waals surface area contributed by atoms with Crippen LogP contribution in [0.4, 0.5) is 0 Å². The molecule has 1 aliphatic heterocycles. The van der Waals surface area contributed by atoms with Gasteiger partial charge in [-0.3, -0.25) is 9.48 Å². The topological polar surface area (TPSA) is 69.0 Å². The first-order valence-corrected chi connectivity index (χ1v) is 6.63. The van der Waals surface area contributed by atoms with Gasteiger partial charge in [0.25, 0.3) is 5.91 Å². The lowest BCUT2D eigenvalue weighted by molar-refractivity contribution is 0.0929. The van der Waals surface area contributed by atoms with Gasteiger partial charge in [-0.2, -0.15) is 0 Å². The van der Waals surface area contributed by atoms with Gasteiger partial charge in [-0.05, 0) is 18.9 Å². The highest BCUT2D eigenvalue weighted by atomic mass is 16.5. The van der Waals surface area contributed by atoms with Crippen molar-refractivity contribution >= 4 is 5.91 Å². The van der Waals surface area contributed by atoms with Crippen LogP contribution in [0, 0.1) is 0 Å². The van der Waals surface area contributed by atoms with Crippen LogP contribution in [0.3, 0.4) is 0 Å². The molecule has 2 aromatic rings. The van der Waals surface area contributed by atoms with Crippen molar-refractivity contribution in [1.82, 2.24) is 20.3 Å². The Morgan fingerprint density at radius 2 is 2.30 bits per heavy atom. The number of carbonyl (C=O) groups is 1. The van der Waals surface area contributed by atoms with Crippen LogP contribution in [0.2, 0.25) is 0 Å². The Hall–Kier alpha value is -2.37. The van der Waals surface area contributed by atoms with Gasteiger partial charge in [0.15, 0.2) is 5.69 Å². The fourth-order valence-electron chi connectivity index (χ4n) is 2.36. The van der Waals surface area contributed by atoms with E-state index < -0.39 is 0 Å². The van der Waals surface area contributed by atoms with E-state index >= 15 is 0 Å². The molecular formula is C14H16N4O2. The lowest BCUT2D eigenvalue weighted by Gasteiger charge is -2.17. The zero-order valence-corrected chi connectivity index (χ0v) is 11.2. The summed E-state index contributed by atoms with van der Waals surface area (Å²) in [5, 5.41) is 10.6. The number of ether oxygens (including phenoxy) is 1. The first-order chi connectivity index (χ1) is 9.74. The standard InChI is InChI=1S/C14H16N4O2/c1-18-9-12(16-17-18)14(19)15-11-6-4-8-20-13-7-3-2-5-10(11)13/h2-3,5,7,9,11H,4,6,8H2,1H3,(H,15,19). The van der Waals surface area contributed by atoms with Crippen LogP contribution in [-0.4, -0.2) is 27.5 Å². The van der Waals surface area contributed by atoms with Crippen LogP contribution in [0.5, 0.6) is 5.75 Å². The molecule has 20 heavy (non-hydrogen) atoms. The van der Waals surface area contributed by atoms with Crippen molar-refractivity contribution in [3.63, 3.8) is 0 Å². The Morgan fingerprint density at radius 3 is 3.10 bits per heavy atom. The van der Waals surface area contributed by atoms with Crippen LogP contribution in [-0.2, 0) is 7.05 Å². The monoisotopic (exact) mass is 272 g/mol. The zero-order valence-electron chi connectivity index (χ0n) is 11.2. The third-order valence-electron chi connectivity index (χ3n) is 3.33. The molecule has 0 saturated carbocycles. The molecule has 1 aromatic carbocycles. The maximum Gasteiger partial charge on any atom is 0.273 e. The van der Waals surface area contributed by atoms with Gasteiger partial charge in [-0.1, -0.05) is 23.4 Å². The van der Waals surface area contributed by atoms with Gasteiger partial charge in [0, 0.05) is 12.6 Å². The molecular weight excluding hydrogens is 256 g/mol. The Balaban J connectivity index is 1.82. The molecule has 104 valence electrons. The number of hydrogen-bond donors (Lipinski definition) is 1. The van der Waals surface area contributed by atoms with E-state index in [1.54, 1.807) is 13.2 Å². The van der Waals surface area contributed by atoms with Crippen LogP contribution in [0.15, 0.2) is 30.5 Å². The normalized spacial score (nSPS) is 17.8. The molecule has 6 nitrogen and oxygen atoms in total. The molecule has 1 aliphatic rings. The van der Waals surface area contributed by atoms with Crippen LogP contribution < -0.4 is 10.1 Å². The number of rotatable bonds is 2. The lowest BCUT2D eigenvalue weighted by Crippen LogP contribution is -2.28. The van der Waals surface area contributed by atoms with E-state index in [2.05, 4.69) is 15.6 Å². The molecule has 1 unspecified atom stereocenters. The van der Waals surface area contributed by atoms with Crippen LogP contribution in [0.1, 0.15) is 34.9 Å². The van der Waals surface area contributed by atoms with Crippen molar-refractivity contribution in [1.29, 1.82) is 0 Å². The second kappa shape index (κ2) is 5.32. The molecule has 3 rings (SSSR count). The SMILES string of the molecule is Cn1cc(C(=O)NC2CCCOc3ccccc32)nn1. The van der Waals surface area contributed by atoms with Crippen molar-refractivity contribution in [3.05, 3.63) is 41.7 Å². The number of nitrogens with one attached hydrogen (secondary N) is 1. The molecule has 6 heteroatoms. The molecule has 0 saturated heterocycles. The van der Waals surface area contributed by atoms with Gasteiger partial charge in [-0.25, -0.2) is 0 Å². The van der Waals surface area contributed by atoms with E-state index in [1.807, 2.05) is 24.3 Å². The summed E-state index contributed by atoms with van der Waals surface area (Å²) >= 11 is 0. The number of nitrogens with zero attached hydrogens (tertiary/aromatic N) is 3. The summed E-state index contributed by atoms with van der Waals surface area (Å²) in [5.74, 6) is 0.634. The number of fused-ring (bicyclic) bond motifs is 1. The van der Waals surface area contributed by atoms with Gasteiger partial charge in [0.05, 0.1) is 18.8 Å². The van der Waals surface area contributed by atoms with Gasteiger partial charge in [0.2, 0.25) is 0 Å². The van der Waals surface area contributed by atoms with Gasteiger partial charge < -0.3 is 10.1 Å². The minimum atomic E-state index is -0.209. The summed E-state index contributed by atoms with van der Waals surface area (Å²) < 4.78 is 7.20. The average Bonchev–Trinajstić information content (AvgIpc) is 2.79. The Morgan fingerprint density at radius 1 is 1.45 bits per heavy atom. The summed E-state index contributed by atoms with van der Waals surface area (Å²) in [6.07, 6.45) is 3.36. The number of hydrogen-bond acceptors (Lipinski definition) is 4. The summed E-state index contributed by atoms with van der Waals surface area (Å²) in [4.78, 5) is 12.2. The van der Waals surface area contributed by atoms with Crippen molar-refractivity contribution in [2.75, 3.05) is 6.61 Å². The number of carbonyl (C=O) groups excluding carboxylic acids is 1. The molecule has 1 amide bonds. The maximum absolute atomic E-state index is 12.2. The van der Waals surface area contributed by atoms with E-state index in [4.69, 9.17) is 4.74 Å². The van der Waals surface area contributed by atoms with E-state index in [-0.39, 0.29) is 11.9 Å². The molecule has 0 aliphatic carbocycles. The number of para-hydroxylation sites is 1. The summed E-state index contributed by atoms with van der Waals surface area (Å²) in [7, 11) is 1.73. The minimum absolute atomic E-state index is 0.0526. The molecule has 1 N–H and O–H groups in total. The summed E-state index contributed by atoms with van der Waals surface area (Å²) in [5.41, 5.74) is 1.34. The molecule has 0 bridgehead atoms. The molecule has 0 radical (unpaired) electrons. The molecule has 1 aromatic heterocycles. The van der Waals surface area contributed by atoms with Gasteiger partial charge >= 0.3 is 0 Å². The predicted octanol–water partition coefficient (Wildman–Crippen LogP) is 1.46. The number of aryl methyl sites for hydroxylation is 1. The predicted molar refractivity (Wildman–Crippen MR) is 72.4 cm³/mol. The summed E-state index contributed by atoms with van der Waals surface area (Å²) in [6.45, 7) is 0.675. The van der Waals surface area contributed by atoms with Crippen molar-refractivity contribution in [3.8, 4) is 5.75 Å². The van der Waals surface area contributed by atoms with Gasteiger partial charge in [0.1, 0.15) is 5.75 Å². The second-order valence-electron chi connectivity index (χ2n) is 4.83. The van der Waals surface area contributed by atoms with E-state index in [9.17, 15) is 4.79 Å². The number of amides is 1. The molecule has 1 atom stereocenters. The molecule has 0 fully saturated rings. The molecule has 0 spiro atoms. The zero-order chi connectivity index (χ0) is 13.9. The second-order valence-corrected chi connectivity index (χ2v) is 4.83. The highest BCUT2D eigenvalue weighted by molar-refractivity contribution is 5.92. The van der Waals surface area contributed by atoms with Crippen LogP contribution >= 0.6 is 0 Å². The first-order valence-electron chi connectivity index (χ1n) is 6.63.